The Hall–Kier alpha value is -2.82. The Morgan fingerprint density at radius 2 is 1.50 bits per heavy atom. The molecule has 3 aromatic rings. The summed E-state index contributed by atoms with van der Waals surface area (Å²) in [5, 5.41) is 6.27. The van der Waals surface area contributed by atoms with Gasteiger partial charge in [0.25, 0.3) is 0 Å². The lowest BCUT2D eigenvalue weighted by atomic mass is 10.1. The summed E-state index contributed by atoms with van der Waals surface area (Å²) in [7, 11) is 1.64. The lowest BCUT2D eigenvalue weighted by molar-refractivity contribution is -0.137. The number of nitrogens with zero attached hydrogens (tertiary/aromatic N) is 2. The van der Waals surface area contributed by atoms with Gasteiger partial charge in [0.1, 0.15) is 12.4 Å². The third kappa shape index (κ3) is 8.03. The first-order valence-electron chi connectivity index (χ1n) is 9.66. The predicted octanol–water partition coefficient (Wildman–Crippen LogP) is 5.16. The summed E-state index contributed by atoms with van der Waals surface area (Å²) in [6.07, 6.45) is -2.60. The zero-order valence-electron chi connectivity index (χ0n) is 17.4. The minimum Gasteiger partial charge on any atom is -0.487 e. The molecule has 0 aliphatic rings. The molecular formula is C23H24F3IN4O. The predicted molar refractivity (Wildman–Crippen MR) is 129 cm³/mol. The van der Waals surface area contributed by atoms with Crippen LogP contribution in [0, 0.1) is 0 Å². The summed E-state index contributed by atoms with van der Waals surface area (Å²) in [5.74, 6) is 1.30. The molecule has 0 saturated heterocycles. The number of nitrogens with one attached hydrogen (secondary N) is 2. The minimum absolute atomic E-state index is 0. The molecule has 0 radical (unpaired) electrons. The summed E-state index contributed by atoms with van der Waals surface area (Å²) in [5.41, 5.74) is 1.95. The fourth-order valence-corrected chi connectivity index (χ4v) is 2.75. The molecule has 3 rings (SSSR count). The Morgan fingerprint density at radius 3 is 2.00 bits per heavy atom. The van der Waals surface area contributed by atoms with Crippen molar-refractivity contribution in [2.75, 3.05) is 7.05 Å². The van der Waals surface area contributed by atoms with Crippen LogP contribution < -0.4 is 15.4 Å². The number of halogens is 4. The summed E-state index contributed by atoms with van der Waals surface area (Å²) in [4.78, 5) is 8.36. The summed E-state index contributed by atoms with van der Waals surface area (Å²) >= 11 is 0. The van der Waals surface area contributed by atoms with Crippen LogP contribution in [0.25, 0.3) is 0 Å². The van der Waals surface area contributed by atoms with E-state index in [-0.39, 0.29) is 24.0 Å². The largest absolute Gasteiger partial charge is 0.487 e. The summed E-state index contributed by atoms with van der Waals surface area (Å²) in [6.45, 7) is 1.30. The van der Waals surface area contributed by atoms with E-state index in [9.17, 15) is 13.2 Å². The molecule has 5 nitrogen and oxygen atoms in total. The standard InChI is InChI=1S/C23H23F3N4O.HI/c1-27-22(29-14-17-5-9-19(10-6-17)23(24,25)26)30-15-18-7-11-21(12-8-18)31-16-20-4-2-3-13-28-20;/h2-13H,14-16H2,1H3,(H2,27,29,30);1H. The van der Waals surface area contributed by atoms with E-state index in [0.29, 0.717) is 25.7 Å². The van der Waals surface area contributed by atoms with Crippen LogP contribution in [0.2, 0.25) is 0 Å². The first-order valence-corrected chi connectivity index (χ1v) is 9.66. The molecule has 170 valence electrons. The summed E-state index contributed by atoms with van der Waals surface area (Å²) in [6, 6.07) is 18.4. The highest BCUT2D eigenvalue weighted by atomic mass is 127. The molecule has 1 heterocycles. The van der Waals surface area contributed by atoms with Gasteiger partial charge in [-0.1, -0.05) is 30.3 Å². The average molecular weight is 556 g/mol. The van der Waals surface area contributed by atoms with Gasteiger partial charge in [-0.05, 0) is 47.5 Å². The Labute approximate surface area is 202 Å². The second kappa shape index (κ2) is 12.3. The van der Waals surface area contributed by atoms with Crippen molar-refractivity contribution in [1.29, 1.82) is 0 Å². The van der Waals surface area contributed by atoms with E-state index >= 15 is 0 Å². The number of hydrogen-bond donors (Lipinski definition) is 2. The maximum Gasteiger partial charge on any atom is 0.416 e. The number of guanidine groups is 1. The number of ether oxygens (including phenoxy) is 1. The zero-order chi connectivity index (χ0) is 22.1. The second-order valence-electron chi connectivity index (χ2n) is 6.73. The minimum atomic E-state index is -4.33. The molecule has 0 fully saturated rings. The average Bonchev–Trinajstić information content (AvgIpc) is 2.79. The second-order valence-corrected chi connectivity index (χ2v) is 6.73. The maximum absolute atomic E-state index is 12.6. The molecule has 0 amide bonds. The Bertz CT molecular complexity index is 979. The number of pyridine rings is 1. The molecular weight excluding hydrogens is 532 g/mol. The van der Waals surface area contributed by atoms with E-state index in [0.717, 1.165) is 34.7 Å². The normalized spacial score (nSPS) is 11.4. The number of aromatic nitrogens is 1. The quantitative estimate of drug-likeness (QED) is 0.240. The Kier molecular flexibility index (Phi) is 9.76. The number of rotatable bonds is 7. The molecule has 2 aromatic carbocycles. The number of aliphatic imine (C=N–C) groups is 1. The van der Waals surface area contributed by atoms with Gasteiger partial charge in [0.05, 0.1) is 11.3 Å². The van der Waals surface area contributed by atoms with Gasteiger partial charge in [0.15, 0.2) is 5.96 Å². The lowest BCUT2D eigenvalue weighted by Gasteiger charge is -2.13. The highest BCUT2D eigenvalue weighted by molar-refractivity contribution is 14.0. The van der Waals surface area contributed by atoms with Crippen LogP contribution in [0.3, 0.4) is 0 Å². The smallest absolute Gasteiger partial charge is 0.416 e. The van der Waals surface area contributed by atoms with Crippen LogP contribution in [0.1, 0.15) is 22.4 Å². The van der Waals surface area contributed by atoms with Gasteiger partial charge in [-0.2, -0.15) is 13.2 Å². The monoisotopic (exact) mass is 556 g/mol. The van der Waals surface area contributed by atoms with Gasteiger partial charge in [-0.15, -0.1) is 24.0 Å². The third-order valence-electron chi connectivity index (χ3n) is 4.46. The van der Waals surface area contributed by atoms with E-state index in [2.05, 4.69) is 20.6 Å². The SMILES string of the molecule is CN=C(NCc1ccc(OCc2ccccn2)cc1)NCc1ccc(C(F)(F)F)cc1.I. The van der Waals surface area contributed by atoms with Crippen LogP contribution >= 0.6 is 24.0 Å². The van der Waals surface area contributed by atoms with Crippen molar-refractivity contribution in [2.45, 2.75) is 25.9 Å². The molecule has 0 saturated carbocycles. The number of benzene rings is 2. The van der Waals surface area contributed by atoms with Crippen molar-refractivity contribution in [2.24, 2.45) is 4.99 Å². The zero-order valence-corrected chi connectivity index (χ0v) is 19.7. The molecule has 0 aliphatic carbocycles. The van der Waals surface area contributed by atoms with E-state index in [1.54, 1.807) is 13.2 Å². The molecule has 0 aliphatic heterocycles. The van der Waals surface area contributed by atoms with Gasteiger partial charge >= 0.3 is 6.18 Å². The molecule has 32 heavy (non-hydrogen) atoms. The van der Waals surface area contributed by atoms with Crippen LogP contribution in [0.15, 0.2) is 77.9 Å². The van der Waals surface area contributed by atoms with E-state index < -0.39 is 11.7 Å². The molecule has 9 heteroatoms. The van der Waals surface area contributed by atoms with E-state index in [1.807, 2.05) is 42.5 Å². The van der Waals surface area contributed by atoms with Crippen molar-refractivity contribution in [3.8, 4) is 5.75 Å². The molecule has 0 bridgehead atoms. The van der Waals surface area contributed by atoms with Crippen LogP contribution in [-0.2, 0) is 25.9 Å². The first kappa shape index (κ1) is 25.4. The van der Waals surface area contributed by atoms with E-state index in [1.165, 1.54) is 12.1 Å². The van der Waals surface area contributed by atoms with Crippen molar-refractivity contribution in [3.63, 3.8) is 0 Å². The fraction of sp³-hybridized carbons (Fsp3) is 0.217. The Morgan fingerprint density at radius 1 is 0.906 bits per heavy atom. The van der Waals surface area contributed by atoms with Gasteiger partial charge in [-0.25, -0.2) is 0 Å². The molecule has 2 N–H and O–H groups in total. The van der Waals surface area contributed by atoms with Crippen molar-refractivity contribution < 1.29 is 17.9 Å². The fourth-order valence-electron chi connectivity index (χ4n) is 2.75. The van der Waals surface area contributed by atoms with Crippen LogP contribution in [0.5, 0.6) is 5.75 Å². The third-order valence-corrected chi connectivity index (χ3v) is 4.46. The summed E-state index contributed by atoms with van der Waals surface area (Å²) < 4.78 is 43.6. The number of alkyl halides is 3. The van der Waals surface area contributed by atoms with Gasteiger partial charge in [0, 0.05) is 26.3 Å². The van der Waals surface area contributed by atoms with Crippen LogP contribution in [0.4, 0.5) is 13.2 Å². The van der Waals surface area contributed by atoms with Crippen molar-refractivity contribution >= 4 is 29.9 Å². The van der Waals surface area contributed by atoms with Gasteiger partial charge in [0.2, 0.25) is 0 Å². The maximum atomic E-state index is 12.6. The highest BCUT2D eigenvalue weighted by Gasteiger charge is 2.29. The van der Waals surface area contributed by atoms with Crippen molar-refractivity contribution in [3.05, 3.63) is 95.3 Å². The number of hydrogen-bond acceptors (Lipinski definition) is 3. The molecule has 0 spiro atoms. The van der Waals surface area contributed by atoms with Gasteiger partial charge < -0.3 is 15.4 Å². The Balaban J connectivity index is 0.00000363. The van der Waals surface area contributed by atoms with Crippen molar-refractivity contribution in [1.82, 2.24) is 15.6 Å². The lowest BCUT2D eigenvalue weighted by Crippen LogP contribution is -2.36. The highest BCUT2D eigenvalue weighted by Crippen LogP contribution is 2.29. The molecule has 0 atom stereocenters. The first-order chi connectivity index (χ1) is 14.9. The molecule has 0 unspecified atom stereocenters. The van der Waals surface area contributed by atoms with E-state index in [4.69, 9.17) is 4.74 Å². The molecule has 1 aromatic heterocycles. The topological polar surface area (TPSA) is 58.5 Å². The van der Waals surface area contributed by atoms with Gasteiger partial charge in [-0.3, -0.25) is 9.98 Å². The van der Waals surface area contributed by atoms with Crippen LogP contribution in [-0.4, -0.2) is 18.0 Å².